The molecule has 0 bridgehead atoms. The van der Waals surface area contributed by atoms with Crippen molar-refractivity contribution in [2.75, 3.05) is 18.4 Å². The number of rotatable bonds is 4. The summed E-state index contributed by atoms with van der Waals surface area (Å²) >= 11 is 0. The maximum Gasteiger partial charge on any atom is 0.200 e. The third-order valence-corrected chi connectivity index (χ3v) is 4.12. The van der Waals surface area contributed by atoms with Crippen molar-refractivity contribution in [1.82, 2.24) is 0 Å². The van der Waals surface area contributed by atoms with E-state index in [9.17, 15) is 22.0 Å². The van der Waals surface area contributed by atoms with Crippen molar-refractivity contribution < 1.29 is 22.0 Å². The van der Waals surface area contributed by atoms with Gasteiger partial charge in [-0.05, 0) is 31.2 Å². The fraction of sp³-hybridized carbons (Fsp3) is 0.571. The van der Waals surface area contributed by atoms with E-state index < -0.39 is 34.8 Å². The molecular formula is C14H17F5N2. The van der Waals surface area contributed by atoms with Crippen LogP contribution in [0, 0.1) is 40.9 Å². The van der Waals surface area contributed by atoms with Crippen LogP contribution in [-0.2, 0) is 0 Å². The molecule has 1 aliphatic carbocycles. The lowest BCUT2D eigenvalue weighted by Crippen LogP contribution is -2.31. The van der Waals surface area contributed by atoms with Crippen molar-refractivity contribution in [1.29, 1.82) is 0 Å². The molecule has 2 rings (SSSR count). The summed E-state index contributed by atoms with van der Waals surface area (Å²) < 4.78 is 66.2. The van der Waals surface area contributed by atoms with Gasteiger partial charge in [0.15, 0.2) is 23.3 Å². The minimum Gasteiger partial charge on any atom is -0.380 e. The lowest BCUT2D eigenvalue weighted by molar-refractivity contribution is 0.254. The summed E-state index contributed by atoms with van der Waals surface area (Å²) in [5, 5.41) is 2.37. The second kappa shape index (κ2) is 6.60. The zero-order valence-corrected chi connectivity index (χ0v) is 11.4. The highest BCUT2D eigenvalue weighted by molar-refractivity contribution is 5.47. The van der Waals surface area contributed by atoms with Crippen LogP contribution in [0.3, 0.4) is 0 Å². The topological polar surface area (TPSA) is 38.0 Å². The Morgan fingerprint density at radius 1 is 0.810 bits per heavy atom. The van der Waals surface area contributed by atoms with Gasteiger partial charge in [-0.15, -0.1) is 0 Å². The standard InChI is InChI=1S/C14H17F5N2/c15-9-10(16)12(18)14(13(19)11(9)17)21-6-8-4-2-1-3-7(8)5-20/h7-8,21H,1-6,20H2. The molecule has 1 saturated carbocycles. The van der Waals surface area contributed by atoms with Gasteiger partial charge in [0.25, 0.3) is 0 Å². The van der Waals surface area contributed by atoms with Crippen LogP contribution in [0.25, 0.3) is 0 Å². The van der Waals surface area contributed by atoms with Crippen molar-refractivity contribution in [2.45, 2.75) is 25.7 Å². The molecule has 0 amide bonds. The van der Waals surface area contributed by atoms with E-state index in [4.69, 9.17) is 5.73 Å². The van der Waals surface area contributed by atoms with Gasteiger partial charge in [-0.2, -0.15) is 0 Å². The largest absolute Gasteiger partial charge is 0.380 e. The Kier molecular flexibility index (Phi) is 5.03. The second-order valence-corrected chi connectivity index (χ2v) is 5.37. The fourth-order valence-electron chi connectivity index (χ4n) is 2.86. The van der Waals surface area contributed by atoms with Crippen molar-refractivity contribution in [3.05, 3.63) is 29.1 Å². The molecule has 0 saturated heterocycles. The molecule has 2 nitrogen and oxygen atoms in total. The average molecular weight is 308 g/mol. The Balaban J connectivity index is 2.16. The van der Waals surface area contributed by atoms with Gasteiger partial charge in [-0.1, -0.05) is 12.8 Å². The summed E-state index contributed by atoms with van der Waals surface area (Å²) in [4.78, 5) is 0. The van der Waals surface area contributed by atoms with Crippen molar-refractivity contribution in [2.24, 2.45) is 17.6 Å². The summed E-state index contributed by atoms with van der Waals surface area (Å²) in [6.07, 6.45) is 3.76. The molecule has 0 aromatic heterocycles. The summed E-state index contributed by atoms with van der Waals surface area (Å²) in [6, 6.07) is 0. The molecule has 0 aliphatic heterocycles. The predicted molar refractivity (Wildman–Crippen MR) is 69.2 cm³/mol. The van der Waals surface area contributed by atoms with Crippen molar-refractivity contribution in [3.63, 3.8) is 0 Å². The first-order valence-corrected chi connectivity index (χ1v) is 6.92. The maximum atomic E-state index is 13.5. The van der Waals surface area contributed by atoms with Gasteiger partial charge < -0.3 is 11.1 Å². The highest BCUT2D eigenvalue weighted by Gasteiger charge is 2.28. The van der Waals surface area contributed by atoms with Gasteiger partial charge in [-0.3, -0.25) is 0 Å². The summed E-state index contributed by atoms with van der Waals surface area (Å²) in [6.45, 7) is 0.587. The van der Waals surface area contributed by atoms with Crippen LogP contribution in [0.1, 0.15) is 25.7 Å². The van der Waals surface area contributed by atoms with E-state index in [-0.39, 0.29) is 18.4 Å². The lowest BCUT2D eigenvalue weighted by Gasteiger charge is -2.31. The molecule has 0 spiro atoms. The molecule has 1 fully saturated rings. The Morgan fingerprint density at radius 3 is 1.81 bits per heavy atom. The van der Waals surface area contributed by atoms with Gasteiger partial charge in [0.1, 0.15) is 5.69 Å². The first kappa shape index (κ1) is 16.0. The third kappa shape index (κ3) is 3.12. The Morgan fingerprint density at radius 2 is 1.29 bits per heavy atom. The average Bonchev–Trinajstić information content (AvgIpc) is 2.51. The van der Waals surface area contributed by atoms with Crippen LogP contribution in [0.4, 0.5) is 27.6 Å². The monoisotopic (exact) mass is 308 g/mol. The molecule has 0 radical (unpaired) electrons. The van der Waals surface area contributed by atoms with E-state index in [2.05, 4.69) is 5.32 Å². The highest BCUT2D eigenvalue weighted by atomic mass is 19.2. The van der Waals surface area contributed by atoms with Crippen LogP contribution in [0.5, 0.6) is 0 Å². The Hall–Kier alpha value is -1.37. The van der Waals surface area contributed by atoms with E-state index in [1.807, 2.05) is 0 Å². The quantitative estimate of drug-likeness (QED) is 0.507. The number of nitrogens with two attached hydrogens (primary N) is 1. The summed E-state index contributed by atoms with van der Waals surface area (Å²) in [5.41, 5.74) is 4.68. The van der Waals surface area contributed by atoms with Crippen LogP contribution >= 0.6 is 0 Å². The molecule has 21 heavy (non-hydrogen) atoms. The van der Waals surface area contributed by atoms with E-state index in [0.717, 1.165) is 25.7 Å². The normalized spacial score (nSPS) is 22.4. The van der Waals surface area contributed by atoms with Gasteiger partial charge in [-0.25, -0.2) is 22.0 Å². The second-order valence-electron chi connectivity index (χ2n) is 5.37. The van der Waals surface area contributed by atoms with Gasteiger partial charge in [0.2, 0.25) is 5.82 Å². The van der Waals surface area contributed by atoms with E-state index in [1.54, 1.807) is 0 Å². The molecule has 1 aliphatic rings. The SMILES string of the molecule is NCC1CCCCC1CNc1c(F)c(F)c(F)c(F)c1F. The van der Waals surface area contributed by atoms with Crippen molar-refractivity contribution >= 4 is 5.69 Å². The zero-order chi connectivity index (χ0) is 15.6. The predicted octanol–water partition coefficient (Wildman–Crippen LogP) is 3.56. The molecular weight excluding hydrogens is 291 g/mol. The Bertz CT molecular complexity index is 492. The first-order chi connectivity index (χ1) is 9.97. The molecule has 1 aromatic carbocycles. The molecule has 1 aromatic rings. The highest BCUT2D eigenvalue weighted by Crippen LogP contribution is 2.31. The van der Waals surface area contributed by atoms with E-state index in [0.29, 0.717) is 6.54 Å². The molecule has 118 valence electrons. The summed E-state index contributed by atoms with van der Waals surface area (Å²) in [5.74, 6) is -9.40. The molecule has 0 heterocycles. The number of hydrogen-bond donors (Lipinski definition) is 2. The van der Waals surface area contributed by atoms with Crippen LogP contribution in [0.2, 0.25) is 0 Å². The minimum absolute atomic E-state index is 0.0683. The molecule has 3 N–H and O–H groups in total. The van der Waals surface area contributed by atoms with Gasteiger partial charge >= 0.3 is 0 Å². The molecule has 2 unspecified atom stereocenters. The van der Waals surface area contributed by atoms with Gasteiger partial charge in [0, 0.05) is 6.54 Å². The van der Waals surface area contributed by atoms with E-state index >= 15 is 0 Å². The fourth-order valence-corrected chi connectivity index (χ4v) is 2.86. The van der Waals surface area contributed by atoms with Crippen molar-refractivity contribution in [3.8, 4) is 0 Å². The smallest absolute Gasteiger partial charge is 0.200 e. The van der Waals surface area contributed by atoms with Crippen LogP contribution < -0.4 is 11.1 Å². The number of benzene rings is 1. The van der Waals surface area contributed by atoms with Crippen LogP contribution in [0.15, 0.2) is 0 Å². The van der Waals surface area contributed by atoms with Crippen LogP contribution in [-0.4, -0.2) is 13.1 Å². The zero-order valence-electron chi connectivity index (χ0n) is 11.4. The molecule has 7 heteroatoms. The number of anilines is 1. The lowest BCUT2D eigenvalue weighted by atomic mass is 9.79. The minimum atomic E-state index is -2.15. The maximum absolute atomic E-state index is 13.5. The number of hydrogen-bond acceptors (Lipinski definition) is 2. The first-order valence-electron chi connectivity index (χ1n) is 6.92. The molecule has 2 atom stereocenters. The summed E-state index contributed by atoms with van der Waals surface area (Å²) in [7, 11) is 0. The third-order valence-electron chi connectivity index (χ3n) is 4.12. The number of halogens is 5. The Labute approximate surface area is 119 Å². The van der Waals surface area contributed by atoms with E-state index in [1.165, 1.54) is 0 Å². The van der Waals surface area contributed by atoms with Gasteiger partial charge in [0.05, 0.1) is 0 Å². The number of nitrogens with one attached hydrogen (secondary N) is 1.